The molecule has 0 radical (unpaired) electrons. The van der Waals surface area contributed by atoms with Gasteiger partial charge in [0.15, 0.2) is 0 Å². The zero-order chi connectivity index (χ0) is 28.3. The molecule has 5 aromatic carbocycles. The molecule has 9 rings (SSSR count). The van der Waals surface area contributed by atoms with Gasteiger partial charge in [0, 0.05) is 59.9 Å². The van der Waals surface area contributed by atoms with Crippen molar-refractivity contribution in [2.75, 3.05) is 0 Å². The normalized spacial score (nSPS) is 11.7. The maximum Gasteiger partial charge on any atom is 0.0972 e. The third-order valence-corrected chi connectivity index (χ3v) is 9.47. The summed E-state index contributed by atoms with van der Waals surface area (Å²) in [5, 5.41) is 7.07. The summed E-state index contributed by atoms with van der Waals surface area (Å²) in [5.74, 6) is 0. The fourth-order valence-corrected chi connectivity index (χ4v) is 7.29. The van der Waals surface area contributed by atoms with Crippen LogP contribution in [0.15, 0.2) is 140 Å². The summed E-state index contributed by atoms with van der Waals surface area (Å²) in [6.45, 7) is 0. The van der Waals surface area contributed by atoms with Crippen molar-refractivity contribution in [2.45, 2.75) is 0 Å². The van der Waals surface area contributed by atoms with Gasteiger partial charge in [-0.05, 0) is 59.0 Å². The fraction of sp³-hybridized carbons (Fsp3) is 0. The van der Waals surface area contributed by atoms with Crippen molar-refractivity contribution in [2.24, 2.45) is 0 Å². The molecule has 0 saturated heterocycles. The second kappa shape index (κ2) is 9.55. The van der Waals surface area contributed by atoms with Crippen molar-refractivity contribution >= 4 is 64.1 Å². The van der Waals surface area contributed by atoms with Crippen LogP contribution < -0.4 is 0 Å². The molecule has 200 valence electrons. The number of thiophene rings is 1. The zero-order valence-electron chi connectivity index (χ0n) is 23.0. The molecule has 0 aliphatic heterocycles. The minimum Gasteiger partial charge on any atom is -0.264 e. The summed E-state index contributed by atoms with van der Waals surface area (Å²) in [6, 6.07) is 45.2. The molecule has 0 bridgehead atoms. The first-order valence-electron chi connectivity index (χ1n) is 14.3. The molecule has 3 nitrogen and oxygen atoms in total. The minimum absolute atomic E-state index is 0.925. The van der Waals surface area contributed by atoms with Crippen molar-refractivity contribution in [3.8, 4) is 33.6 Å². The van der Waals surface area contributed by atoms with E-state index in [1.807, 2.05) is 41.9 Å². The monoisotopic (exact) mass is 565 g/mol. The van der Waals surface area contributed by atoms with Crippen LogP contribution in [0.3, 0.4) is 0 Å². The lowest BCUT2D eigenvalue weighted by molar-refractivity contribution is 1.36. The first-order chi connectivity index (χ1) is 21.3. The van der Waals surface area contributed by atoms with Crippen LogP contribution in [0.4, 0.5) is 0 Å². The van der Waals surface area contributed by atoms with E-state index in [9.17, 15) is 0 Å². The quantitative estimate of drug-likeness (QED) is 0.200. The van der Waals surface area contributed by atoms with E-state index in [1.54, 1.807) is 0 Å². The van der Waals surface area contributed by atoms with Gasteiger partial charge in [0.1, 0.15) is 0 Å². The van der Waals surface area contributed by atoms with E-state index in [0.29, 0.717) is 0 Å². The summed E-state index contributed by atoms with van der Waals surface area (Å²) in [7, 11) is 0. The molecule has 0 fully saturated rings. The van der Waals surface area contributed by atoms with Crippen molar-refractivity contribution < 1.29 is 0 Å². The van der Waals surface area contributed by atoms with Gasteiger partial charge in [-0.15, -0.1) is 11.3 Å². The summed E-state index contributed by atoms with van der Waals surface area (Å²) < 4.78 is 2.56. The third-order valence-electron chi connectivity index (χ3n) is 8.33. The molecule has 9 aromatic rings. The lowest BCUT2D eigenvalue weighted by Crippen LogP contribution is -1.91. The van der Waals surface area contributed by atoms with Crippen molar-refractivity contribution in [3.63, 3.8) is 0 Å². The van der Waals surface area contributed by atoms with Crippen LogP contribution in [0.1, 0.15) is 0 Å². The average molecular weight is 566 g/mol. The number of rotatable bonds is 3. The van der Waals surface area contributed by atoms with Crippen LogP contribution in [0.2, 0.25) is 0 Å². The number of pyridine rings is 3. The average Bonchev–Trinajstić information content (AvgIpc) is 3.46. The van der Waals surface area contributed by atoms with Gasteiger partial charge in [0.05, 0.1) is 22.4 Å². The molecule has 0 aliphatic rings. The molecule has 0 N–H and O–H groups in total. The van der Waals surface area contributed by atoms with Crippen LogP contribution in [0, 0.1) is 0 Å². The number of nitrogens with zero attached hydrogens (tertiary/aromatic N) is 3. The summed E-state index contributed by atoms with van der Waals surface area (Å²) in [4.78, 5) is 14.6. The second-order valence-corrected chi connectivity index (χ2v) is 12.0. The predicted molar refractivity (Wildman–Crippen MR) is 182 cm³/mol. The zero-order valence-corrected chi connectivity index (χ0v) is 23.8. The van der Waals surface area contributed by atoms with E-state index >= 15 is 0 Å². The molecule has 0 atom stereocenters. The van der Waals surface area contributed by atoms with Gasteiger partial charge >= 0.3 is 0 Å². The maximum absolute atomic E-state index is 5.23. The maximum atomic E-state index is 5.23. The molecular weight excluding hydrogens is 543 g/mol. The van der Waals surface area contributed by atoms with Gasteiger partial charge in [0.2, 0.25) is 0 Å². The van der Waals surface area contributed by atoms with Crippen LogP contribution in [-0.4, -0.2) is 15.0 Å². The van der Waals surface area contributed by atoms with E-state index < -0.39 is 0 Å². The number of benzene rings is 5. The second-order valence-electron chi connectivity index (χ2n) is 10.9. The molecular formula is C39H23N3S. The molecule has 0 unspecified atom stereocenters. The summed E-state index contributed by atoms with van der Waals surface area (Å²) in [5.41, 5.74) is 8.42. The van der Waals surface area contributed by atoms with Crippen LogP contribution in [-0.2, 0) is 0 Å². The van der Waals surface area contributed by atoms with Crippen molar-refractivity contribution in [1.82, 2.24) is 15.0 Å². The summed E-state index contributed by atoms with van der Waals surface area (Å²) >= 11 is 1.84. The summed E-state index contributed by atoms with van der Waals surface area (Å²) in [6.07, 6.45) is 3.78. The lowest BCUT2D eigenvalue weighted by atomic mass is 9.96. The Kier molecular flexibility index (Phi) is 5.37. The molecule has 0 amide bonds. The fourth-order valence-electron chi connectivity index (χ4n) is 6.18. The predicted octanol–water partition coefficient (Wildman–Crippen LogP) is 10.7. The topological polar surface area (TPSA) is 38.7 Å². The lowest BCUT2D eigenvalue weighted by Gasteiger charge is -2.09. The van der Waals surface area contributed by atoms with Crippen molar-refractivity contribution in [3.05, 3.63) is 140 Å². The highest BCUT2D eigenvalue weighted by Crippen LogP contribution is 2.42. The van der Waals surface area contributed by atoms with E-state index in [0.717, 1.165) is 49.7 Å². The van der Waals surface area contributed by atoms with Gasteiger partial charge in [-0.2, -0.15) is 0 Å². The first-order valence-corrected chi connectivity index (χ1v) is 15.2. The van der Waals surface area contributed by atoms with Crippen LogP contribution in [0.25, 0.3) is 86.4 Å². The minimum atomic E-state index is 0.925. The molecule has 43 heavy (non-hydrogen) atoms. The Bertz CT molecular complexity index is 2510. The van der Waals surface area contributed by atoms with E-state index in [-0.39, 0.29) is 0 Å². The molecule has 0 spiro atoms. The van der Waals surface area contributed by atoms with E-state index in [4.69, 9.17) is 9.97 Å². The Hall–Kier alpha value is -5.45. The van der Waals surface area contributed by atoms with Gasteiger partial charge < -0.3 is 0 Å². The molecule has 4 aromatic heterocycles. The highest BCUT2D eigenvalue weighted by atomic mass is 32.1. The van der Waals surface area contributed by atoms with Gasteiger partial charge in [-0.3, -0.25) is 4.98 Å². The first kappa shape index (κ1) is 24.2. The number of hydrogen-bond donors (Lipinski definition) is 0. The molecule has 0 aliphatic carbocycles. The Morgan fingerprint density at radius 3 is 2.00 bits per heavy atom. The molecule has 4 heterocycles. The Labute approximate surface area is 251 Å². The van der Waals surface area contributed by atoms with Crippen molar-refractivity contribution in [1.29, 1.82) is 0 Å². The Morgan fingerprint density at radius 1 is 0.465 bits per heavy atom. The number of fused-ring (bicyclic) bond motifs is 7. The molecule has 0 saturated carbocycles. The Morgan fingerprint density at radius 2 is 1.19 bits per heavy atom. The van der Waals surface area contributed by atoms with E-state index in [1.165, 1.54) is 36.7 Å². The SMILES string of the molecule is c1ccc(-c2ccc3ccc4ccc(-c5ccc6sc7cccc(-c8ccc9cnccc9c8)c7c6c5)nc4c3n2)cc1. The van der Waals surface area contributed by atoms with Crippen LogP contribution >= 0.6 is 11.3 Å². The Balaban J connectivity index is 1.22. The van der Waals surface area contributed by atoms with Crippen LogP contribution in [0.5, 0.6) is 0 Å². The van der Waals surface area contributed by atoms with Gasteiger partial charge in [-0.25, -0.2) is 9.97 Å². The third kappa shape index (κ3) is 3.99. The van der Waals surface area contributed by atoms with E-state index in [2.05, 4.69) is 114 Å². The number of hydrogen-bond acceptors (Lipinski definition) is 4. The van der Waals surface area contributed by atoms with Gasteiger partial charge in [0.25, 0.3) is 0 Å². The highest BCUT2D eigenvalue weighted by Gasteiger charge is 2.14. The largest absolute Gasteiger partial charge is 0.264 e. The highest BCUT2D eigenvalue weighted by molar-refractivity contribution is 7.26. The smallest absolute Gasteiger partial charge is 0.0972 e. The number of aromatic nitrogens is 3. The molecule has 4 heteroatoms. The standard InChI is InChI=1S/C39H23N3S/c1-2-5-24(6-3-1)33-16-13-25-9-10-26-14-17-34(42-39(26)38(25)41-33)29-15-18-35-32(22-29)37-31(7-4-8-36(37)43-35)28-11-12-30-23-40-20-19-27(30)21-28/h1-23H. The van der Waals surface area contributed by atoms with Gasteiger partial charge in [-0.1, -0.05) is 84.9 Å².